The largest absolute Gasteiger partial charge is 0.342 e. The van der Waals surface area contributed by atoms with Gasteiger partial charge < -0.3 is 10.2 Å². The van der Waals surface area contributed by atoms with Gasteiger partial charge in [-0.3, -0.25) is 4.79 Å². The summed E-state index contributed by atoms with van der Waals surface area (Å²) in [6, 6.07) is 5.99. The Morgan fingerprint density at radius 2 is 2.08 bits per heavy atom. The molecule has 2 aliphatic heterocycles. The number of aromatic nitrogens is 2. The molecule has 24 heavy (non-hydrogen) atoms. The summed E-state index contributed by atoms with van der Waals surface area (Å²) in [6.45, 7) is 2.66. The molecule has 124 valence electrons. The van der Waals surface area contributed by atoms with Crippen molar-refractivity contribution in [3.8, 4) is 0 Å². The van der Waals surface area contributed by atoms with E-state index in [1.54, 1.807) is 12.1 Å². The van der Waals surface area contributed by atoms with E-state index >= 15 is 0 Å². The van der Waals surface area contributed by atoms with Gasteiger partial charge in [0.2, 0.25) is 11.2 Å². The second-order valence-corrected chi connectivity index (χ2v) is 6.40. The maximum absolute atomic E-state index is 13.2. The number of hydrogen-bond donors (Lipinski definition) is 1. The van der Waals surface area contributed by atoms with E-state index < -0.39 is 0 Å². The minimum atomic E-state index is -0.362. The van der Waals surface area contributed by atoms with Crippen LogP contribution in [0.15, 0.2) is 24.3 Å². The number of carbonyl (C=O) groups excluding carboxylic acids is 1. The van der Waals surface area contributed by atoms with Gasteiger partial charge in [0.1, 0.15) is 17.5 Å². The average Bonchev–Trinajstić information content (AvgIpc) is 3.02. The van der Waals surface area contributed by atoms with Crippen LogP contribution in [0.2, 0.25) is 5.28 Å². The fourth-order valence-corrected chi connectivity index (χ4v) is 3.85. The first-order chi connectivity index (χ1) is 11.6. The zero-order valence-corrected chi connectivity index (χ0v) is 13.8. The van der Waals surface area contributed by atoms with Gasteiger partial charge in [-0.2, -0.15) is 4.98 Å². The molecule has 4 rings (SSSR count). The number of benzene rings is 1. The van der Waals surface area contributed by atoms with Gasteiger partial charge in [-0.25, -0.2) is 9.37 Å². The highest BCUT2D eigenvalue weighted by Gasteiger charge is 2.45. The smallest absolute Gasteiger partial charge is 0.247 e. The highest BCUT2D eigenvalue weighted by atomic mass is 35.5. The van der Waals surface area contributed by atoms with Crippen LogP contribution >= 0.6 is 11.6 Å². The Kier molecular flexibility index (Phi) is 3.64. The zero-order chi connectivity index (χ0) is 16.8. The number of aryl methyl sites for hydroxylation is 1. The second kappa shape index (κ2) is 5.70. The quantitative estimate of drug-likeness (QED) is 0.849. The van der Waals surface area contributed by atoms with Crippen molar-refractivity contribution < 1.29 is 9.18 Å². The van der Waals surface area contributed by atoms with Crippen molar-refractivity contribution in [1.82, 2.24) is 9.97 Å². The molecule has 0 unspecified atom stereocenters. The van der Waals surface area contributed by atoms with Gasteiger partial charge in [0.15, 0.2) is 5.82 Å². The molecule has 1 saturated heterocycles. The summed E-state index contributed by atoms with van der Waals surface area (Å²) in [6.07, 6.45) is 1.46. The van der Waals surface area contributed by atoms with Gasteiger partial charge in [-0.05, 0) is 42.1 Å². The number of amides is 1. The molecule has 2 aliphatic rings. The predicted molar refractivity (Wildman–Crippen MR) is 89.9 cm³/mol. The Morgan fingerprint density at radius 1 is 1.33 bits per heavy atom. The number of rotatable bonds is 2. The summed E-state index contributed by atoms with van der Waals surface area (Å²) in [5, 5.41) is 3.14. The molecule has 7 heteroatoms. The van der Waals surface area contributed by atoms with Crippen LogP contribution in [0.4, 0.5) is 15.9 Å². The first-order valence-corrected chi connectivity index (χ1v) is 8.35. The SMILES string of the molecule is CCc1nc(Cl)nc2c1NC(=O)[C@H]1[C@H](c3ccc(F)cc3)CCN21. The van der Waals surface area contributed by atoms with Crippen molar-refractivity contribution in [3.05, 3.63) is 46.6 Å². The van der Waals surface area contributed by atoms with E-state index in [0.29, 0.717) is 24.5 Å². The zero-order valence-electron chi connectivity index (χ0n) is 13.1. The molecule has 0 bridgehead atoms. The maximum atomic E-state index is 13.2. The van der Waals surface area contributed by atoms with Crippen LogP contribution in [-0.4, -0.2) is 28.5 Å². The molecule has 0 spiro atoms. The molecule has 0 aliphatic carbocycles. The summed E-state index contributed by atoms with van der Waals surface area (Å²) in [5.74, 6) is 0.327. The number of fused-ring (bicyclic) bond motifs is 3. The second-order valence-electron chi connectivity index (χ2n) is 6.07. The van der Waals surface area contributed by atoms with Crippen LogP contribution < -0.4 is 10.2 Å². The van der Waals surface area contributed by atoms with Gasteiger partial charge in [-0.15, -0.1) is 0 Å². The fourth-order valence-electron chi connectivity index (χ4n) is 3.67. The lowest BCUT2D eigenvalue weighted by atomic mass is 9.90. The third kappa shape index (κ3) is 2.33. The number of nitrogens with one attached hydrogen (secondary N) is 1. The van der Waals surface area contributed by atoms with Crippen molar-refractivity contribution in [3.63, 3.8) is 0 Å². The predicted octanol–water partition coefficient (Wildman–Crippen LogP) is 3.15. The molecule has 2 aromatic rings. The third-order valence-electron chi connectivity index (χ3n) is 4.76. The lowest BCUT2D eigenvalue weighted by molar-refractivity contribution is -0.117. The van der Waals surface area contributed by atoms with Gasteiger partial charge in [0.05, 0.1) is 5.69 Å². The van der Waals surface area contributed by atoms with E-state index in [4.69, 9.17) is 11.6 Å². The monoisotopic (exact) mass is 346 g/mol. The summed E-state index contributed by atoms with van der Waals surface area (Å²) in [7, 11) is 0. The summed E-state index contributed by atoms with van der Waals surface area (Å²) >= 11 is 6.05. The maximum Gasteiger partial charge on any atom is 0.247 e. The molecular formula is C17H16ClFN4O. The van der Waals surface area contributed by atoms with Crippen molar-refractivity contribution in [1.29, 1.82) is 0 Å². The molecule has 1 aromatic heterocycles. The Bertz CT molecular complexity index is 811. The topological polar surface area (TPSA) is 58.1 Å². The van der Waals surface area contributed by atoms with E-state index in [0.717, 1.165) is 17.7 Å². The number of nitrogens with zero attached hydrogens (tertiary/aromatic N) is 3. The molecule has 0 radical (unpaired) electrons. The molecule has 1 N–H and O–H groups in total. The van der Waals surface area contributed by atoms with E-state index in [1.165, 1.54) is 12.1 Å². The molecule has 1 amide bonds. The molecule has 3 heterocycles. The number of halogens is 2. The Hall–Kier alpha value is -2.21. The summed E-state index contributed by atoms with van der Waals surface area (Å²) in [4.78, 5) is 23.3. The third-order valence-corrected chi connectivity index (χ3v) is 4.93. The summed E-state index contributed by atoms with van der Waals surface area (Å²) < 4.78 is 13.2. The minimum absolute atomic E-state index is 0.00225. The molecule has 5 nitrogen and oxygen atoms in total. The number of hydrogen-bond acceptors (Lipinski definition) is 4. The first kappa shape index (κ1) is 15.3. The van der Waals surface area contributed by atoms with Crippen LogP contribution in [0.5, 0.6) is 0 Å². The standard InChI is InChI=1S/C17H16ClFN4O/c1-2-12-13-15(22-17(18)20-12)23-8-7-11(14(23)16(24)21-13)9-3-5-10(19)6-4-9/h3-6,11,14H,2,7-8H2,1H3,(H,21,24)/t11-,14+/m0/s1. The highest BCUT2D eigenvalue weighted by Crippen LogP contribution is 2.43. The van der Waals surface area contributed by atoms with Gasteiger partial charge >= 0.3 is 0 Å². The van der Waals surface area contributed by atoms with Crippen LogP contribution in [0.1, 0.15) is 30.5 Å². The summed E-state index contributed by atoms with van der Waals surface area (Å²) in [5.41, 5.74) is 2.35. The van der Waals surface area contributed by atoms with Crippen LogP contribution in [0, 0.1) is 5.82 Å². The number of anilines is 2. The average molecular weight is 347 g/mol. The van der Waals surface area contributed by atoms with Crippen LogP contribution in [0.3, 0.4) is 0 Å². The molecule has 0 saturated carbocycles. The van der Waals surface area contributed by atoms with Gasteiger partial charge in [0, 0.05) is 12.5 Å². The van der Waals surface area contributed by atoms with E-state index in [2.05, 4.69) is 15.3 Å². The minimum Gasteiger partial charge on any atom is -0.342 e. The normalized spacial score (nSPS) is 22.1. The molecule has 1 aromatic carbocycles. The van der Waals surface area contributed by atoms with Crippen LogP contribution in [-0.2, 0) is 11.2 Å². The van der Waals surface area contributed by atoms with E-state index in [1.807, 2.05) is 11.8 Å². The van der Waals surface area contributed by atoms with Crippen molar-refractivity contribution in [2.24, 2.45) is 0 Å². The van der Waals surface area contributed by atoms with Gasteiger partial charge in [0.25, 0.3) is 0 Å². The fraction of sp³-hybridized carbons (Fsp3) is 0.353. The van der Waals surface area contributed by atoms with Crippen molar-refractivity contribution in [2.45, 2.75) is 31.7 Å². The Labute approximate surface area is 143 Å². The van der Waals surface area contributed by atoms with Crippen molar-refractivity contribution in [2.75, 3.05) is 16.8 Å². The highest BCUT2D eigenvalue weighted by molar-refractivity contribution is 6.28. The van der Waals surface area contributed by atoms with Crippen LogP contribution in [0.25, 0.3) is 0 Å². The first-order valence-electron chi connectivity index (χ1n) is 7.98. The van der Waals surface area contributed by atoms with Gasteiger partial charge in [-0.1, -0.05) is 19.1 Å². The Balaban J connectivity index is 1.76. The van der Waals surface area contributed by atoms with E-state index in [9.17, 15) is 9.18 Å². The number of carbonyl (C=O) groups is 1. The molecule has 1 fully saturated rings. The van der Waals surface area contributed by atoms with E-state index in [-0.39, 0.29) is 29.0 Å². The Morgan fingerprint density at radius 3 is 2.79 bits per heavy atom. The lowest BCUT2D eigenvalue weighted by Crippen LogP contribution is -2.47. The lowest BCUT2D eigenvalue weighted by Gasteiger charge is -2.34. The van der Waals surface area contributed by atoms with Crippen molar-refractivity contribution >= 4 is 29.0 Å². The molecular weight excluding hydrogens is 331 g/mol. The molecule has 2 atom stereocenters.